The summed E-state index contributed by atoms with van der Waals surface area (Å²) < 4.78 is 13.7. The molecule has 1 atom stereocenters. The van der Waals surface area contributed by atoms with Gasteiger partial charge in [0.1, 0.15) is 5.82 Å². The molecule has 0 spiro atoms. The van der Waals surface area contributed by atoms with Crippen molar-refractivity contribution in [2.75, 3.05) is 23.3 Å². The quantitative estimate of drug-likeness (QED) is 0.896. The average Bonchev–Trinajstić information content (AvgIpc) is 2.58. The van der Waals surface area contributed by atoms with Gasteiger partial charge in [0.05, 0.1) is 11.8 Å². The number of nitrogens with zero attached hydrogens (tertiary/aromatic N) is 1. The van der Waals surface area contributed by atoms with Gasteiger partial charge in [-0.15, -0.1) is 0 Å². The van der Waals surface area contributed by atoms with Crippen molar-refractivity contribution in [3.8, 4) is 0 Å². The first-order valence-corrected chi connectivity index (χ1v) is 8.17. The Labute approximate surface area is 136 Å². The van der Waals surface area contributed by atoms with E-state index in [1.54, 1.807) is 12.1 Å². The fourth-order valence-corrected chi connectivity index (χ4v) is 2.99. The lowest BCUT2D eigenvalue weighted by atomic mass is 10.0. The van der Waals surface area contributed by atoms with Crippen LogP contribution in [0.1, 0.15) is 31.4 Å². The maximum atomic E-state index is 13.7. The monoisotopic (exact) mass is 314 g/mol. The molecule has 4 heteroatoms. The third kappa shape index (κ3) is 3.82. The number of hydrogen-bond acceptors (Lipinski definition) is 3. The Morgan fingerprint density at radius 1 is 1.09 bits per heavy atom. The molecule has 0 aromatic heterocycles. The SMILES string of the molecule is CC(Nc1ccccc1F)c1ccc(N2CCC(O)CC2)cc1. The molecule has 3 nitrogen and oxygen atoms in total. The van der Waals surface area contributed by atoms with Gasteiger partial charge in [0.15, 0.2) is 0 Å². The van der Waals surface area contributed by atoms with Gasteiger partial charge in [0, 0.05) is 24.8 Å². The van der Waals surface area contributed by atoms with Crippen LogP contribution in [0, 0.1) is 5.82 Å². The minimum absolute atomic E-state index is 0.0316. The summed E-state index contributed by atoms with van der Waals surface area (Å²) in [6.45, 7) is 3.81. The van der Waals surface area contributed by atoms with E-state index in [0.717, 1.165) is 31.5 Å². The molecular formula is C19H23FN2O. The molecule has 1 fully saturated rings. The smallest absolute Gasteiger partial charge is 0.146 e. The van der Waals surface area contributed by atoms with Crippen LogP contribution in [0.2, 0.25) is 0 Å². The molecule has 23 heavy (non-hydrogen) atoms. The average molecular weight is 314 g/mol. The molecule has 2 N–H and O–H groups in total. The largest absolute Gasteiger partial charge is 0.393 e. The van der Waals surface area contributed by atoms with Gasteiger partial charge in [-0.3, -0.25) is 0 Å². The molecule has 1 aliphatic rings. The summed E-state index contributed by atoms with van der Waals surface area (Å²) in [5.41, 5.74) is 2.82. The maximum Gasteiger partial charge on any atom is 0.146 e. The summed E-state index contributed by atoms with van der Waals surface area (Å²) in [5.74, 6) is -0.233. The van der Waals surface area contributed by atoms with E-state index < -0.39 is 0 Å². The standard InChI is InChI=1S/C19H23FN2O/c1-14(21-19-5-3-2-4-18(19)20)15-6-8-16(9-7-15)22-12-10-17(23)11-13-22/h2-9,14,17,21,23H,10-13H2,1H3. The Kier molecular flexibility index (Phi) is 4.82. The van der Waals surface area contributed by atoms with Crippen molar-refractivity contribution in [1.29, 1.82) is 0 Å². The lowest BCUT2D eigenvalue weighted by Crippen LogP contribution is -2.35. The number of para-hydroxylation sites is 1. The number of aliphatic hydroxyl groups excluding tert-OH is 1. The maximum absolute atomic E-state index is 13.7. The molecule has 0 bridgehead atoms. The summed E-state index contributed by atoms with van der Waals surface area (Å²) >= 11 is 0. The van der Waals surface area contributed by atoms with E-state index in [9.17, 15) is 9.50 Å². The first-order valence-electron chi connectivity index (χ1n) is 8.17. The van der Waals surface area contributed by atoms with Gasteiger partial charge in [-0.25, -0.2) is 4.39 Å². The molecule has 0 saturated carbocycles. The normalized spacial score (nSPS) is 17.1. The third-order valence-corrected chi connectivity index (χ3v) is 4.47. The zero-order valence-corrected chi connectivity index (χ0v) is 13.4. The van der Waals surface area contributed by atoms with Gasteiger partial charge in [-0.2, -0.15) is 0 Å². The molecule has 1 aliphatic heterocycles. The number of anilines is 2. The van der Waals surface area contributed by atoms with Crippen LogP contribution in [0.4, 0.5) is 15.8 Å². The first-order chi connectivity index (χ1) is 11.1. The van der Waals surface area contributed by atoms with Crippen LogP contribution in [-0.4, -0.2) is 24.3 Å². The second kappa shape index (κ2) is 7.01. The minimum atomic E-state index is -0.233. The lowest BCUT2D eigenvalue weighted by molar-refractivity contribution is 0.145. The molecule has 2 aromatic carbocycles. The zero-order chi connectivity index (χ0) is 16.2. The van der Waals surface area contributed by atoms with Crippen LogP contribution >= 0.6 is 0 Å². The molecule has 1 heterocycles. The molecule has 3 rings (SSSR count). The van der Waals surface area contributed by atoms with Crippen LogP contribution in [0.5, 0.6) is 0 Å². The summed E-state index contributed by atoms with van der Waals surface area (Å²) in [6.07, 6.45) is 1.50. The van der Waals surface area contributed by atoms with Crippen molar-refractivity contribution in [3.63, 3.8) is 0 Å². The molecular weight excluding hydrogens is 291 g/mol. The number of halogens is 1. The molecule has 122 valence electrons. The molecule has 2 aromatic rings. The summed E-state index contributed by atoms with van der Waals surface area (Å²) in [4.78, 5) is 2.30. The molecule has 1 saturated heterocycles. The topological polar surface area (TPSA) is 35.5 Å². The van der Waals surface area contributed by atoms with E-state index in [-0.39, 0.29) is 18.0 Å². The van der Waals surface area contributed by atoms with E-state index in [1.807, 2.05) is 13.0 Å². The van der Waals surface area contributed by atoms with Crippen LogP contribution < -0.4 is 10.2 Å². The highest BCUT2D eigenvalue weighted by atomic mass is 19.1. The number of hydrogen-bond donors (Lipinski definition) is 2. The van der Waals surface area contributed by atoms with E-state index >= 15 is 0 Å². The van der Waals surface area contributed by atoms with E-state index in [1.165, 1.54) is 11.8 Å². The van der Waals surface area contributed by atoms with Crippen LogP contribution in [-0.2, 0) is 0 Å². The highest BCUT2D eigenvalue weighted by Gasteiger charge is 2.17. The van der Waals surface area contributed by atoms with Gasteiger partial charge in [0.25, 0.3) is 0 Å². The second-order valence-corrected chi connectivity index (χ2v) is 6.16. The Morgan fingerprint density at radius 3 is 2.39 bits per heavy atom. The Morgan fingerprint density at radius 2 is 1.74 bits per heavy atom. The molecule has 0 amide bonds. The van der Waals surface area contributed by atoms with Crippen molar-refractivity contribution in [2.45, 2.75) is 31.9 Å². The minimum Gasteiger partial charge on any atom is -0.393 e. The van der Waals surface area contributed by atoms with Crippen LogP contribution in [0.15, 0.2) is 48.5 Å². The number of benzene rings is 2. The predicted molar refractivity (Wildman–Crippen MR) is 92.3 cm³/mol. The van der Waals surface area contributed by atoms with Gasteiger partial charge >= 0.3 is 0 Å². The first kappa shape index (κ1) is 15.8. The van der Waals surface area contributed by atoms with Gasteiger partial charge < -0.3 is 15.3 Å². The highest BCUT2D eigenvalue weighted by Crippen LogP contribution is 2.25. The number of nitrogens with one attached hydrogen (secondary N) is 1. The van der Waals surface area contributed by atoms with Crippen molar-refractivity contribution >= 4 is 11.4 Å². The highest BCUT2D eigenvalue weighted by molar-refractivity contribution is 5.51. The number of aliphatic hydroxyl groups is 1. The van der Waals surface area contributed by atoms with E-state index in [0.29, 0.717) is 5.69 Å². The zero-order valence-electron chi connectivity index (χ0n) is 13.4. The van der Waals surface area contributed by atoms with Crippen molar-refractivity contribution in [3.05, 3.63) is 59.9 Å². The molecule has 0 aliphatic carbocycles. The van der Waals surface area contributed by atoms with Crippen LogP contribution in [0.3, 0.4) is 0 Å². The fraction of sp³-hybridized carbons (Fsp3) is 0.368. The summed E-state index contributed by atoms with van der Waals surface area (Å²) in [7, 11) is 0. The Bertz CT molecular complexity index is 636. The Hall–Kier alpha value is -2.07. The lowest BCUT2D eigenvalue weighted by Gasteiger charge is -2.31. The molecule has 0 radical (unpaired) electrons. The van der Waals surface area contributed by atoms with Gasteiger partial charge in [-0.1, -0.05) is 24.3 Å². The van der Waals surface area contributed by atoms with Crippen molar-refractivity contribution in [1.82, 2.24) is 0 Å². The summed E-state index contributed by atoms with van der Waals surface area (Å²) in [6, 6.07) is 15.1. The molecule has 1 unspecified atom stereocenters. The van der Waals surface area contributed by atoms with Crippen molar-refractivity contribution in [2.24, 2.45) is 0 Å². The Balaban J connectivity index is 1.66. The third-order valence-electron chi connectivity index (χ3n) is 4.47. The van der Waals surface area contributed by atoms with E-state index in [4.69, 9.17) is 0 Å². The number of rotatable bonds is 4. The van der Waals surface area contributed by atoms with Gasteiger partial charge in [-0.05, 0) is 49.6 Å². The summed E-state index contributed by atoms with van der Waals surface area (Å²) in [5, 5.41) is 12.8. The fourth-order valence-electron chi connectivity index (χ4n) is 2.99. The van der Waals surface area contributed by atoms with Crippen LogP contribution in [0.25, 0.3) is 0 Å². The second-order valence-electron chi connectivity index (χ2n) is 6.16. The van der Waals surface area contributed by atoms with Crippen molar-refractivity contribution < 1.29 is 9.50 Å². The predicted octanol–water partition coefficient (Wildman–Crippen LogP) is 3.96. The van der Waals surface area contributed by atoms with E-state index in [2.05, 4.69) is 34.5 Å². The number of piperidine rings is 1. The van der Waals surface area contributed by atoms with Gasteiger partial charge in [0.2, 0.25) is 0 Å².